The van der Waals surface area contributed by atoms with Gasteiger partial charge in [0.2, 0.25) is 17.7 Å². The summed E-state index contributed by atoms with van der Waals surface area (Å²) in [4.78, 5) is 64.0. The van der Waals surface area contributed by atoms with E-state index in [1.54, 1.807) is 26.1 Å². The lowest BCUT2D eigenvalue weighted by Crippen LogP contribution is -2.58. The molecule has 2 aromatic rings. The summed E-state index contributed by atoms with van der Waals surface area (Å²) in [6, 6.07) is 1.91. The standard InChI is InChI=1S/C24H33N5O8/c1-12(2)7-17(22(34)29-19(11-30)24(36)37)28-23(35)18(27-21(33)15(25)9-20(31)32)8-13-10-26-16-6-4-3-5-14(13)16/h3-6,10,12,15,17-19,26,30H,7-9,11,25H2,1-2H3,(H,27,33)(H,28,35)(H,29,34)(H,31,32)(H,36,37). The molecule has 1 aromatic carbocycles. The summed E-state index contributed by atoms with van der Waals surface area (Å²) in [6.07, 6.45) is 1.15. The summed E-state index contributed by atoms with van der Waals surface area (Å²) in [7, 11) is 0. The van der Waals surface area contributed by atoms with Crippen molar-refractivity contribution in [3.05, 3.63) is 36.0 Å². The van der Waals surface area contributed by atoms with Gasteiger partial charge in [0, 0.05) is 23.5 Å². The number of amides is 3. The van der Waals surface area contributed by atoms with Gasteiger partial charge in [-0.2, -0.15) is 0 Å². The van der Waals surface area contributed by atoms with Crippen LogP contribution in [0.1, 0.15) is 32.3 Å². The van der Waals surface area contributed by atoms with Gasteiger partial charge in [0.25, 0.3) is 0 Å². The fourth-order valence-corrected chi connectivity index (χ4v) is 3.72. The van der Waals surface area contributed by atoms with E-state index < -0.39 is 66.9 Å². The summed E-state index contributed by atoms with van der Waals surface area (Å²) in [6.45, 7) is 2.75. The number of benzene rings is 1. The van der Waals surface area contributed by atoms with E-state index in [4.69, 9.17) is 15.9 Å². The van der Waals surface area contributed by atoms with Crippen LogP contribution in [-0.4, -0.2) is 80.7 Å². The maximum absolute atomic E-state index is 13.3. The number of aliphatic hydroxyl groups is 1. The van der Waals surface area contributed by atoms with Crippen molar-refractivity contribution in [2.75, 3.05) is 6.61 Å². The second kappa shape index (κ2) is 13.4. The highest BCUT2D eigenvalue weighted by atomic mass is 16.4. The first kappa shape index (κ1) is 29.3. The van der Waals surface area contributed by atoms with Crippen LogP contribution in [0.2, 0.25) is 0 Å². The lowest BCUT2D eigenvalue weighted by atomic mass is 10.00. The highest BCUT2D eigenvalue weighted by Crippen LogP contribution is 2.19. The number of para-hydroxylation sites is 1. The van der Waals surface area contributed by atoms with Gasteiger partial charge in [0.05, 0.1) is 19.1 Å². The molecule has 3 amide bonds. The van der Waals surface area contributed by atoms with Crippen molar-refractivity contribution in [1.82, 2.24) is 20.9 Å². The van der Waals surface area contributed by atoms with Crippen molar-refractivity contribution < 1.29 is 39.3 Å². The third-order valence-electron chi connectivity index (χ3n) is 5.60. The van der Waals surface area contributed by atoms with Gasteiger partial charge >= 0.3 is 11.9 Å². The van der Waals surface area contributed by atoms with E-state index in [9.17, 15) is 29.1 Å². The maximum Gasteiger partial charge on any atom is 0.328 e. The number of aromatic nitrogens is 1. The van der Waals surface area contributed by atoms with Crippen LogP contribution in [-0.2, 0) is 30.4 Å². The normalized spacial score (nSPS) is 14.4. The molecule has 4 atom stereocenters. The Morgan fingerprint density at radius 2 is 1.51 bits per heavy atom. The van der Waals surface area contributed by atoms with Crippen LogP contribution in [0.3, 0.4) is 0 Å². The number of aliphatic hydroxyl groups excluding tert-OH is 1. The number of carboxylic acid groups (broad SMARTS) is 2. The second-order valence-corrected chi connectivity index (χ2v) is 9.10. The molecule has 13 nitrogen and oxygen atoms in total. The van der Waals surface area contributed by atoms with Crippen LogP contribution in [0, 0.1) is 5.92 Å². The average Bonchev–Trinajstić information content (AvgIpc) is 3.23. The quantitative estimate of drug-likeness (QED) is 0.154. The number of nitrogens with one attached hydrogen (secondary N) is 4. The van der Waals surface area contributed by atoms with Crippen LogP contribution < -0.4 is 21.7 Å². The van der Waals surface area contributed by atoms with Gasteiger partial charge in [-0.25, -0.2) is 4.79 Å². The molecule has 4 unspecified atom stereocenters. The van der Waals surface area contributed by atoms with Crippen LogP contribution in [0.25, 0.3) is 10.9 Å². The number of rotatable bonds is 14. The molecule has 37 heavy (non-hydrogen) atoms. The number of nitrogens with two attached hydrogens (primary N) is 1. The molecule has 0 spiro atoms. The Balaban J connectivity index is 2.30. The maximum atomic E-state index is 13.3. The Hall–Kier alpha value is -3.97. The monoisotopic (exact) mass is 519 g/mol. The average molecular weight is 520 g/mol. The van der Waals surface area contributed by atoms with Crippen molar-refractivity contribution in [2.24, 2.45) is 11.7 Å². The minimum Gasteiger partial charge on any atom is -0.481 e. The van der Waals surface area contributed by atoms with Crippen molar-refractivity contribution in [3.63, 3.8) is 0 Å². The zero-order chi connectivity index (χ0) is 27.7. The predicted octanol–water partition coefficient (Wildman–Crippen LogP) is -0.910. The Bertz CT molecular complexity index is 1130. The predicted molar refractivity (Wildman–Crippen MR) is 132 cm³/mol. The number of carbonyl (C=O) groups excluding carboxylic acids is 3. The minimum absolute atomic E-state index is 0.00815. The highest BCUT2D eigenvalue weighted by Gasteiger charge is 2.31. The van der Waals surface area contributed by atoms with Crippen LogP contribution in [0.4, 0.5) is 0 Å². The molecule has 1 aromatic heterocycles. The summed E-state index contributed by atoms with van der Waals surface area (Å²) < 4.78 is 0. The van der Waals surface area contributed by atoms with E-state index in [0.29, 0.717) is 5.56 Å². The molecular formula is C24H33N5O8. The first-order valence-corrected chi connectivity index (χ1v) is 11.7. The van der Waals surface area contributed by atoms with E-state index in [2.05, 4.69) is 20.9 Å². The fourth-order valence-electron chi connectivity index (χ4n) is 3.72. The first-order chi connectivity index (χ1) is 17.4. The van der Waals surface area contributed by atoms with E-state index in [1.165, 1.54) is 0 Å². The number of carbonyl (C=O) groups is 5. The fraction of sp³-hybridized carbons (Fsp3) is 0.458. The van der Waals surface area contributed by atoms with Crippen LogP contribution in [0.5, 0.6) is 0 Å². The Labute approximate surface area is 212 Å². The third-order valence-corrected chi connectivity index (χ3v) is 5.60. The molecule has 13 heteroatoms. The topological polar surface area (TPSA) is 224 Å². The molecule has 202 valence electrons. The highest BCUT2D eigenvalue weighted by molar-refractivity contribution is 5.95. The van der Waals surface area contributed by atoms with Crippen molar-refractivity contribution in [2.45, 2.75) is 57.3 Å². The lowest BCUT2D eigenvalue weighted by molar-refractivity contribution is -0.143. The molecule has 0 aliphatic rings. The van der Waals surface area contributed by atoms with Gasteiger partial charge in [-0.05, 0) is 24.0 Å². The van der Waals surface area contributed by atoms with Gasteiger partial charge in [-0.15, -0.1) is 0 Å². The third kappa shape index (κ3) is 8.58. The van der Waals surface area contributed by atoms with Crippen molar-refractivity contribution in [1.29, 1.82) is 0 Å². The number of carboxylic acids is 2. The number of H-pyrrole nitrogens is 1. The largest absolute Gasteiger partial charge is 0.481 e. The molecule has 2 rings (SSSR count). The van der Waals surface area contributed by atoms with E-state index in [1.807, 2.05) is 18.2 Å². The number of hydrogen-bond donors (Lipinski definition) is 8. The Kier molecular flexibility index (Phi) is 10.6. The number of hydrogen-bond acceptors (Lipinski definition) is 7. The molecule has 9 N–H and O–H groups in total. The van der Waals surface area contributed by atoms with Gasteiger partial charge < -0.3 is 42.0 Å². The van der Waals surface area contributed by atoms with E-state index in [0.717, 1.165) is 10.9 Å². The van der Waals surface area contributed by atoms with Crippen LogP contribution >= 0.6 is 0 Å². The summed E-state index contributed by atoms with van der Waals surface area (Å²) in [5, 5.41) is 35.3. The Morgan fingerprint density at radius 3 is 2.11 bits per heavy atom. The molecule has 0 fully saturated rings. The van der Waals surface area contributed by atoms with Crippen molar-refractivity contribution >= 4 is 40.6 Å². The van der Waals surface area contributed by atoms with Crippen molar-refractivity contribution in [3.8, 4) is 0 Å². The number of fused-ring (bicyclic) bond motifs is 1. The number of aromatic amines is 1. The number of aliphatic carboxylic acids is 2. The van der Waals surface area contributed by atoms with Crippen LogP contribution in [0.15, 0.2) is 30.5 Å². The SMILES string of the molecule is CC(C)CC(NC(=O)C(Cc1c[nH]c2ccccc12)NC(=O)C(N)CC(=O)O)C(=O)NC(CO)C(=O)O. The minimum atomic E-state index is -1.56. The first-order valence-electron chi connectivity index (χ1n) is 11.7. The summed E-state index contributed by atoms with van der Waals surface area (Å²) in [5.41, 5.74) is 7.15. The second-order valence-electron chi connectivity index (χ2n) is 9.10. The molecule has 0 aliphatic heterocycles. The van der Waals surface area contributed by atoms with Gasteiger partial charge in [-0.1, -0.05) is 32.0 Å². The molecular weight excluding hydrogens is 486 g/mol. The Morgan fingerprint density at radius 1 is 0.919 bits per heavy atom. The zero-order valence-electron chi connectivity index (χ0n) is 20.6. The summed E-state index contributed by atoms with van der Waals surface area (Å²) >= 11 is 0. The van der Waals surface area contributed by atoms with Gasteiger partial charge in [0.15, 0.2) is 0 Å². The molecule has 1 heterocycles. The molecule has 0 saturated carbocycles. The molecule has 0 aliphatic carbocycles. The zero-order valence-corrected chi connectivity index (χ0v) is 20.6. The molecule has 0 radical (unpaired) electrons. The van der Waals surface area contributed by atoms with Gasteiger partial charge in [0.1, 0.15) is 18.1 Å². The summed E-state index contributed by atoms with van der Waals surface area (Å²) in [5.74, 6) is -5.24. The van der Waals surface area contributed by atoms with E-state index >= 15 is 0 Å². The smallest absolute Gasteiger partial charge is 0.328 e. The van der Waals surface area contributed by atoms with Gasteiger partial charge in [-0.3, -0.25) is 19.2 Å². The molecule has 0 bridgehead atoms. The van der Waals surface area contributed by atoms with E-state index in [-0.39, 0.29) is 18.8 Å². The lowest BCUT2D eigenvalue weighted by Gasteiger charge is -2.25. The molecule has 0 saturated heterocycles.